The van der Waals surface area contributed by atoms with E-state index in [1.807, 2.05) is 28.8 Å². The number of nitrogens with zero attached hydrogens (tertiary/aromatic N) is 3. The van der Waals surface area contributed by atoms with E-state index in [1.165, 1.54) is 11.1 Å². The highest BCUT2D eigenvalue weighted by atomic mass is 15.1. The van der Waals surface area contributed by atoms with Crippen molar-refractivity contribution in [1.82, 2.24) is 9.55 Å². The zero-order chi connectivity index (χ0) is 15.0. The second-order valence-electron chi connectivity index (χ2n) is 5.23. The maximum absolute atomic E-state index is 9.12. The molecule has 2 N–H and O–H groups in total. The average molecular weight is 276 g/mol. The zero-order valence-electron chi connectivity index (χ0n) is 12.1. The summed E-state index contributed by atoms with van der Waals surface area (Å²) in [6, 6.07) is 14.0. The molecule has 4 heteroatoms. The first-order chi connectivity index (χ1) is 10.1. The molecule has 0 aliphatic carbocycles. The molecule has 0 atom stereocenters. The van der Waals surface area contributed by atoms with Gasteiger partial charge in [-0.05, 0) is 49.2 Å². The summed E-state index contributed by atoms with van der Waals surface area (Å²) in [5.74, 6) is 0.781. The Morgan fingerprint density at radius 2 is 1.95 bits per heavy atom. The Hall–Kier alpha value is -2.80. The Morgan fingerprint density at radius 1 is 1.19 bits per heavy atom. The summed E-state index contributed by atoms with van der Waals surface area (Å²) >= 11 is 0. The predicted octanol–water partition coefficient (Wildman–Crippen LogP) is 3.43. The SMILES string of the molecule is Cc1cc2nc(-c3cccc(N)c3)n(CC#N)c2cc1C. The highest BCUT2D eigenvalue weighted by Gasteiger charge is 2.13. The third-order valence-electron chi connectivity index (χ3n) is 3.74. The average Bonchev–Trinajstić information content (AvgIpc) is 2.78. The Bertz CT molecular complexity index is 868. The van der Waals surface area contributed by atoms with Gasteiger partial charge in [0.05, 0.1) is 17.1 Å². The third-order valence-corrected chi connectivity index (χ3v) is 3.74. The van der Waals surface area contributed by atoms with Crippen molar-refractivity contribution in [3.8, 4) is 17.5 Å². The normalized spacial score (nSPS) is 10.7. The molecule has 0 aliphatic heterocycles. The van der Waals surface area contributed by atoms with Gasteiger partial charge in [-0.15, -0.1) is 0 Å². The number of hydrogen-bond acceptors (Lipinski definition) is 3. The van der Waals surface area contributed by atoms with Gasteiger partial charge in [-0.25, -0.2) is 4.98 Å². The molecule has 2 aromatic carbocycles. The van der Waals surface area contributed by atoms with E-state index < -0.39 is 0 Å². The Kier molecular flexibility index (Phi) is 3.11. The van der Waals surface area contributed by atoms with Crippen LogP contribution in [0.15, 0.2) is 36.4 Å². The lowest BCUT2D eigenvalue weighted by atomic mass is 10.1. The van der Waals surface area contributed by atoms with Crippen LogP contribution >= 0.6 is 0 Å². The van der Waals surface area contributed by atoms with Crippen molar-refractivity contribution in [2.75, 3.05) is 5.73 Å². The molecule has 21 heavy (non-hydrogen) atoms. The van der Waals surface area contributed by atoms with Gasteiger partial charge in [-0.3, -0.25) is 0 Å². The number of nitrogen functional groups attached to an aromatic ring is 1. The van der Waals surface area contributed by atoms with Gasteiger partial charge in [0.15, 0.2) is 0 Å². The van der Waals surface area contributed by atoms with E-state index in [4.69, 9.17) is 16.0 Å². The standard InChI is InChI=1S/C17H16N4/c1-11-8-15-16(9-12(11)2)21(7-6-18)17(20-15)13-4-3-5-14(19)10-13/h3-5,8-10H,7,19H2,1-2H3. The zero-order valence-corrected chi connectivity index (χ0v) is 12.1. The molecular formula is C17H16N4. The summed E-state index contributed by atoms with van der Waals surface area (Å²) in [5.41, 5.74) is 11.8. The Morgan fingerprint density at radius 3 is 2.67 bits per heavy atom. The molecule has 0 bridgehead atoms. The Balaban J connectivity index is 2.32. The van der Waals surface area contributed by atoms with E-state index in [0.29, 0.717) is 5.69 Å². The number of fused-ring (bicyclic) bond motifs is 1. The predicted molar refractivity (Wildman–Crippen MR) is 84.7 cm³/mol. The molecule has 3 rings (SSSR count). The largest absolute Gasteiger partial charge is 0.399 e. The van der Waals surface area contributed by atoms with Gasteiger partial charge in [-0.1, -0.05) is 12.1 Å². The molecule has 0 spiro atoms. The van der Waals surface area contributed by atoms with Crippen LogP contribution in [0, 0.1) is 25.2 Å². The monoisotopic (exact) mass is 276 g/mol. The fourth-order valence-corrected chi connectivity index (χ4v) is 2.51. The lowest BCUT2D eigenvalue weighted by Crippen LogP contribution is -1.99. The lowest BCUT2D eigenvalue weighted by molar-refractivity contribution is 0.870. The van der Waals surface area contributed by atoms with Crippen molar-refractivity contribution < 1.29 is 0 Å². The van der Waals surface area contributed by atoms with Gasteiger partial charge in [0, 0.05) is 11.3 Å². The molecule has 3 aromatic rings. The second kappa shape index (κ2) is 4.95. The summed E-state index contributed by atoms with van der Waals surface area (Å²) < 4.78 is 1.94. The van der Waals surface area contributed by atoms with Crippen LogP contribution in [0.2, 0.25) is 0 Å². The number of anilines is 1. The van der Waals surface area contributed by atoms with Gasteiger partial charge in [0.1, 0.15) is 12.4 Å². The van der Waals surface area contributed by atoms with Crippen LogP contribution in [0.3, 0.4) is 0 Å². The van der Waals surface area contributed by atoms with E-state index in [9.17, 15) is 0 Å². The minimum atomic E-state index is 0.267. The van der Waals surface area contributed by atoms with Crippen molar-refractivity contribution in [3.63, 3.8) is 0 Å². The number of nitriles is 1. The molecule has 104 valence electrons. The molecule has 0 fully saturated rings. The molecule has 0 saturated heterocycles. The van der Waals surface area contributed by atoms with Crippen LogP contribution < -0.4 is 5.73 Å². The van der Waals surface area contributed by atoms with Gasteiger partial charge in [-0.2, -0.15) is 5.26 Å². The molecule has 0 radical (unpaired) electrons. The maximum atomic E-state index is 9.12. The molecule has 1 heterocycles. The maximum Gasteiger partial charge on any atom is 0.142 e. The second-order valence-corrected chi connectivity index (χ2v) is 5.23. The van der Waals surface area contributed by atoms with Crippen LogP contribution in [0.5, 0.6) is 0 Å². The van der Waals surface area contributed by atoms with E-state index in [0.717, 1.165) is 22.4 Å². The number of rotatable bonds is 2. The van der Waals surface area contributed by atoms with Gasteiger partial charge in [0.25, 0.3) is 0 Å². The van der Waals surface area contributed by atoms with Crippen LogP contribution in [-0.4, -0.2) is 9.55 Å². The first-order valence-electron chi connectivity index (χ1n) is 6.80. The van der Waals surface area contributed by atoms with E-state index in [2.05, 4.69) is 32.0 Å². The van der Waals surface area contributed by atoms with Crippen molar-refractivity contribution in [2.45, 2.75) is 20.4 Å². The van der Waals surface area contributed by atoms with Crippen LogP contribution in [0.25, 0.3) is 22.4 Å². The summed E-state index contributed by atoms with van der Waals surface area (Å²) in [6.45, 7) is 4.40. The summed E-state index contributed by atoms with van der Waals surface area (Å²) in [7, 11) is 0. The number of imidazole rings is 1. The molecule has 0 saturated carbocycles. The summed E-state index contributed by atoms with van der Waals surface area (Å²) in [5, 5.41) is 9.12. The Labute approximate surface area is 123 Å². The van der Waals surface area contributed by atoms with Gasteiger partial charge < -0.3 is 10.3 Å². The first-order valence-corrected chi connectivity index (χ1v) is 6.80. The lowest BCUT2D eigenvalue weighted by Gasteiger charge is -2.06. The number of aryl methyl sites for hydroxylation is 2. The fraction of sp³-hybridized carbons (Fsp3) is 0.176. The van der Waals surface area contributed by atoms with Gasteiger partial charge >= 0.3 is 0 Å². The van der Waals surface area contributed by atoms with Crippen molar-refractivity contribution in [3.05, 3.63) is 47.5 Å². The number of benzene rings is 2. The molecule has 0 aliphatic rings. The third kappa shape index (κ3) is 2.23. The minimum absolute atomic E-state index is 0.267. The fourth-order valence-electron chi connectivity index (χ4n) is 2.51. The van der Waals surface area contributed by atoms with Crippen LogP contribution in [0.4, 0.5) is 5.69 Å². The molecule has 0 unspecified atom stereocenters. The quantitative estimate of drug-likeness (QED) is 0.729. The van der Waals surface area contributed by atoms with Crippen LogP contribution in [0.1, 0.15) is 11.1 Å². The highest BCUT2D eigenvalue weighted by Crippen LogP contribution is 2.27. The highest BCUT2D eigenvalue weighted by molar-refractivity contribution is 5.82. The number of nitrogens with two attached hydrogens (primary N) is 1. The van der Waals surface area contributed by atoms with Crippen molar-refractivity contribution >= 4 is 16.7 Å². The van der Waals surface area contributed by atoms with Crippen molar-refractivity contribution in [1.29, 1.82) is 5.26 Å². The smallest absolute Gasteiger partial charge is 0.142 e. The van der Waals surface area contributed by atoms with E-state index in [1.54, 1.807) is 0 Å². The molecule has 1 aromatic heterocycles. The molecule has 4 nitrogen and oxygen atoms in total. The topological polar surface area (TPSA) is 67.6 Å². The first kappa shape index (κ1) is 13.2. The number of hydrogen-bond donors (Lipinski definition) is 1. The minimum Gasteiger partial charge on any atom is -0.399 e. The molecule has 0 amide bonds. The number of aromatic nitrogens is 2. The van der Waals surface area contributed by atoms with Gasteiger partial charge in [0.2, 0.25) is 0 Å². The van der Waals surface area contributed by atoms with Crippen molar-refractivity contribution in [2.24, 2.45) is 0 Å². The molecular weight excluding hydrogens is 260 g/mol. The summed E-state index contributed by atoms with van der Waals surface area (Å²) in [6.07, 6.45) is 0. The van der Waals surface area contributed by atoms with Crippen LogP contribution in [-0.2, 0) is 6.54 Å². The summed E-state index contributed by atoms with van der Waals surface area (Å²) in [4.78, 5) is 4.70. The van der Waals surface area contributed by atoms with E-state index >= 15 is 0 Å². The van der Waals surface area contributed by atoms with E-state index in [-0.39, 0.29) is 6.54 Å².